The molecule has 0 amide bonds. The summed E-state index contributed by atoms with van der Waals surface area (Å²) in [6.45, 7) is 0. The van der Waals surface area contributed by atoms with Gasteiger partial charge in [-0.05, 0) is 18.2 Å². The standard InChI is InChI=1S/C11H10Cl2N2O3S/c12-10-6-5-9(19(16,17)18)11(13,15-10)7-3-1-2-4-8(7)14/h1-6,15H,14H2,(H,16,17,18). The van der Waals surface area contributed by atoms with E-state index in [4.69, 9.17) is 28.9 Å². The molecule has 0 aromatic heterocycles. The highest BCUT2D eigenvalue weighted by atomic mass is 35.5. The van der Waals surface area contributed by atoms with E-state index in [2.05, 4.69) is 5.32 Å². The summed E-state index contributed by atoms with van der Waals surface area (Å²) < 4.78 is 32.2. The maximum atomic E-state index is 11.4. The Hall–Kier alpha value is -1.21. The number of allylic oxidation sites excluding steroid dienone is 2. The van der Waals surface area contributed by atoms with Gasteiger partial charge in [-0.25, -0.2) is 0 Å². The van der Waals surface area contributed by atoms with Crippen LogP contribution in [0.2, 0.25) is 0 Å². The van der Waals surface area contributed by atoms with Crippen molar-refractivity contribution in [2.75, 3.05) is 5.73 Å². The average Bonchev–Trinajstić information content (AvgIpc) is 2.27. The molecule has 8 heteroatoms. The van der Waals surface area contributed by atoms with Crippen molar-refractivity contribution in [2.45, 2.75) is 5.00 Å². The fourth-order valence-electron chi connectivity index (χ4n) is 1.81. The van der Waals surface area contributed by atoms with E-state index < -0.39 is 20.0 Å². The summed E-state index contributed by atoms with van der Waals surface area (Å²) in [7, 11) is -4.51. The van der Waals surface area contributed by atoms with Crippen LogP contribution in [0.15, 0.2) is 46.5 Å². The molecule has 1 aromatic carbocycles. The van der Waals surface area contributed by atoms with E-state index in [0.29, 0.717) is 0 Å². The van der Waals surface area contributed by atoms with Crippen LogP contribution in [0.5, 0.6) is 0 Å². The molecule has 0 spiro atoms. The number of nitrogen functional groups attached to an aromatic ring is 1. The number of hydrogen-bond donors (Lipinski definition) is 3. The maximum Gasteiger partial charge on any atom is 0.294 e. The molecule has 2 rings (SSSR count). The van der Waals surface area contributed by atoms with Crippen molar-refractivity contribution in [3.8, 4) is 0 Å². The Kier molecular flexibility index (Phi) is 3.53. The third-order valence-corrected chi connectivity index (χ3v) is 4.45. The van der Waals surface area contributed by atoms with E-state index in [9.17, 15) is 13.0 Å². The molecular weight excluding hydrogens is 311 g/mol. The first kappa shape index (κ1) is 14.2. The summed E-state index contributed by atoms with van der Waals surface area (Å²) in [6.07, 6.45) is 2.41. The number of benzene rings is 1. The van der Waals surface area contributed by atoms with Crippen molar-refractivity contribution < 1.29 is 13.0 Å². The van der Waals surface area contributed by atoms with Crippen LogP contribution >= 0.6 is 23.2 Å². The number of dihydropyridines is 1. The van der Waals surface area contributed by atoms with Gasteiger partial charge < -0.3 is 11.1 Å². The van der Waals surface area contributed by atoms with Gasteiger partial charge in [0.1, 0.15) is 10.1 Å². The van der Waals surface area contributed by atoms with Crippen molar-refractivity contribution >= 4 is 39.0 Å². The van der Waals surface area contributed by atoms with Gasteiger partial charge in [0, 0.05) is 11.3 Å². The highest BCUT2D eigenvalue weighted by Gasteiger charge is 2.43. The van der Waals surface area contributed by atoms with Gasteiger partial charge in [0.05, 0.1) is 0 Å². The number of anilines is 1. The van der Waals surface area contributed by atoms with Crippen molar-refractivity contribution in [3.05, 3.63) is 52.0 Å². The number of nitrogens with two attached hydrogens (primary N) is 1. The molecule has 1 unspecified atom stereocenters. The van der Waals surface area contributed by atoms with Gasteiger partial charge in [-0.1, -0.05) is 41.4 Å². The molecule has 102 valence electrons. The van der Waals surface area contributed by atoms with Crippen LogP contribution in [0.25, 0.3) is 0 Å². The van der Waals surface area contributed by atoms with Crippen molar-refractivity contribution in [2.24, 2.45) is 0 Å². The number of nitrogens with one attached hydrogen (secondary N) is 1. The number of halogens is 2. The summed E-state index contributed by atoms with van der Waals surface area (Å²) in [5, 5.41) is 2.74. The third kappa shape index (κ3) is 2.57. The lowest BCUT2D eigenvalue weighted by Crippen LogP contribution is -2.42. The van der Waals surface area contributed by atoms with Crippen LogP contribution in [-0.2, 0) is 15.1 Å². The molecule has 4 N–H and O–H groups in total. The summed E-state index contributed by atoms with van der Waals surface area (Å²) >= 11 is 12.1. The quantitative estimate of drug-likeness (QED) is 0.336. The molecular formula is C11H10Cl2N2O3S. The fourth-order valence-corrected chi connectivity index (χ4v) is 3.44. The fraction of sp³-hybridized carbons (Fsp3) is 0.0909. The number of para-hydroxylation sites is 1. The minimum absolute atomic E-state index is 0.130. The Labute approximate surface area is 120 Å². The lowest BCUT2D eigenvalue weighted by Gasteiger charge is -2.33. The Morgan fingerprint density at radius 1 is 1.26 bits per heavy atom. The first-order valence-electron chi connectivity index (χ1n) is 5.12. The first-order chi connectivity index (χ1) is 8.75. The molecule has 0 saturated carbocycles. The Balaban J connectivity index is 2.69. The Morgan fingerprint density at radius 3 is 2.47 bits per heavy atom. The molecule has 19 heavy (non-hydrogen) atoms. The number of alkyl halides is 1. The molecule has 1 aromatic rings. The number of hydrogen-bond acceptors (Lipinski definition) is 4. The molecule has 0 radical (unpaired) electrons. The molecule has 0 aliphatic carbocycles. The van der Waals surface area contributed by atoms with E-state index >= 15 is 0 Å². The van der Waals surface area contributed by atoms with Crippen molar-refractivity contribution in [1.29, 1.82) is 0 Å². The Morgan fingerprint density at radius 2 is 1.89 bits per heavy atom. The predicted octanol–water partition coefficient (Wildman–Crippen LogP) is 2.12. The van der Waals surface area contributed by atoms with Gasteiger partial charge in [0.25, 0.3) is 10.1 Å². The topological polar surface area (TPSA) is 92.4 Å². The largest absolute Gasteiger partial charge is 0.398 e. The Bertz CT molecular complexity index is 685. The van der Waals surface area contributed by atoms with Crippen LogP contribution in [0, 0.1) is 0 Å². The van der Waals surface area contributed by atoms with Gasteiger partial charge in [-0.3, -0.25) is 4.55 Å². The minimum Gasteiger partial charge on any atom is -0.398 e. The molecule has 0 fully saturated rings. The number of rotatable bonds is 2. The highest BCUT2D eigenvalue weighted by Crippen LogP contribution is 2.42. The summed E-state index contributed by atoms with van der Waals surface area (Å²) in [5.74, 6) is 0. The van der Waals surface area contributed by atoms with Crippen LogP contribution in [-0.4, -0.2) is 13.0 Å². The normalized spacial score (nSPS) is 23.3. The van der Waals surface area contributed by atoms with Gasteiger partial charge in [0.15, 0.2) is 5.00 Å². The molecule has 1 aliphatic heterocycles. The summed E-state index contributed by atoms with van der Waals surface area (Å²) in [6, 6.07) is 6.43. The van der Waals surface area contributed by atoms with Gasteiger partial charge in [0.2, 0.25) is 0 Å². The van der Waals surface area contributed by atoms with Gasteiger partial charge >= 0.3 is 0 Å². The second-order valence-corrected chi connectivity index (χ2v) is 6.26. The van der Waals surface area contributed by atoms with Gasteiger partial charge in [-0.2, -0.15) is 8.42 Å². The van der Waals surface area contributed by atoms with E-state index in [1.807, 2.05) is 0 Å². The lowest BCUT2D eigenvalue weighted by molar-refractivity contribution is 0.479. The molecule has 5 nitrogen and oxygen atoms in total. The molecule has 1 atom stereocenters. The van der Waals surface area contributed by atoms with E-state index in [1.165, 1.54) is 6.08 Å². The van der Waals surface area contributed by atoms with Crippen molar-refractivity contribution in [1.82, 2.24) is 5.32 Å². The summed E-state index contributed by atoms with van der Waals surface area (Å²) in [5.41, 5.74) is 6.35. The SMILES string of the molecule is Nc1ccccc1C1(Cl)NC(Cl)=CC=C1S(=O)(=O)O. The first-order valence-corrected chi connectivity index (χ1v) is 7.32. The molecule has 0 saturated heterocycles. The zero-order valence-electron chi connectivity index (χ0n) is 9.47. The zero-order valence-corrected chi connectivity index (χ0v) is 11.8. The molecule has 0 bridgehead atoms. The van der Waals surface area contributed by atoms with Crippen LogP contribution in [0.3, 0.4) is 0 Å². The van der Waals surface area contributed by atoms with E-state index in [1.54, 1.807) is 24.3 Å². The molecule has 1 aliphatic rings. The van der Waals surface area contributed by atoms with E-state index in [-0.39, 0.29) is 16.4 Å². The second-order valence-electron chi connectivity index (χ2n) is 3.89. The monoisotopic (exact) mass is 320 g/mol. The highest BCUT2D eigenvalue weighted by molar-refractivity contribution is 7.90. The third-order valence-electron chi connectivity index (χ3n) is 2.62. The predicted molar refractivity (Wildman–Crippen MR) is 75.1 cm³/mol. The van der Waals surface area contributed by atoms with E-state index in [0.717, 1.165) is 6.08 Å². The van der Waals surface area contributed by atoms with Crippen molar-refractivity contribution in [3.63, 3.8) is 0 Å². The average molecular weight is 321 g/mol. The second kappa shape index (κ2) is 4.72. The van der Waals surface area contributed by atoms with Crippen LogP contribution in [0.1, 0.15) is 5.56 Å². The van der Waals surface area contributed by atoms with Crippen LogP contribution < -0.4 is 11.1 Å². The minimum atomic E-state index is -4.51. The summed E-state index contributed by atoms with van der Waals surface area (Å²) in [4.78, 5) is -2.19. The molecule has 1 heterocycles. The zero-order chi connectivity index (χ0) is 14.3. The van der Waals surface area contributed by atoms with Gasteiger partial charge in [-0.15, -0.1) is 0 Å². The maximum absolute atomic E-state index is 11.4. The smallest absolute Gasteiger partial charge is 0.294 e. The lowest BCUT2D eigenvalue weighted by atomic mass is 10.0. The van der Waals surface area contributed by atoms with Crippen LogP contribution in [0.4, 0.5) is 5.69 Å².